The van der Waals surface area contributed by atoms with Gasteiger partial charge in [-0.15, -0.1) is 0 Å². The Kier molecular flexibility index (Phi) is 7.06. The van der Waals surface area contributed by atoms with Crippen molar-refractivity contribution >= 4 is 43.5 Å². The summed E-state index contributed by atoms with van der Waals surface area (Å²) >= 11 is 0. The van der Waals surface area contributed by atoms with Gasteiger partial charge in [-0.25, -0.2) is 12.8 Å². The number of furan rings is 1. The van der Waals surface area contributed by atoms with Crippen LogP contribution >= 0.6 is 0 Å². The number of anilines is 1. The zero-order valence-corrected chi connectivity index (χ0v) is 25.4. The number of rotatable bonds is 6. The number of aromatic nitrogens is 2. The molecule has 6 aromatic rings. The Morgan fingerprint density at radius 2 is 1.78 bits per heavy atom. The summed E-state index contributed by atoms with van der Waals surface area (Å²) in [4.78, 5) is 30.2. The fraction of sp³-hybridized carbons (Fsp3) is 0.121. The number of nitrogens with zero attached hydrogens (tertiary/aromatic N) is 3. The number of nitriles is 1. The number of halogens is 1. The number of benzene rings is 3. The van der Waals surface area contributed by atoms with Gasteiger partial charge in [-0.1, -0.05) is 6.07 Å². The fourth-order valence-electron chi connectivity index (χ4n) is 5.40. The van der Waals surface area contributed by atoms with Crippen molar-refractivity contribution in [3.63, 3.8) is 0 Å². The van der Waals surface area contributed by atoms with Gasteiger partial charge in [0.2, 0.25) is 10.0 Å². The van der Waals surface area contributed by atoms with Crippen LogP contribution in [0.1, 0.15) is 15.9 Å². The molecule has 3 heterocycles. The minimum atomic E-state index is -3.82. The summed E-state index contributed by atoms with van der Waals surface area (Å²) < 4.78 is 47.9. The summed E-state index contributed by atoms with van der Waals surface area (Å²) in [7, 11) is 0.577. The number of amides is 1. The Labute approximate surface area is 257 Å². The fourth-order valence-corrected chi connectivity index (χ4v) is 5.91. The highest BCUT2D eigenvalue weighted by atomic mass is 32.2. The average Bonchev–Trinajstić information content (AvgIpc) is 3.62. The number of nitrogens with one attached hydrogen (secondary N) is 2. The van der Waals surface area contributed by atoms with E-state index in [0.717, 1.165) is 16.1 Å². The summed E-state index contributed by atoms with van der Waals surface area (Å²) in [6, 6.07) is 19.4. The first kappa shape index (κ1) is 29.4. The topological polar surface area (TPSA) is 141 Å². The van der Waals surface area contributed by atoms with Gasteiger partial charge in [0.25, 0.3) is 11.5 Å². The van der Waals surface area contributed by atoms with E-state index in [1.165, 1.54) is 49.0 Å². The number of carbonyl (C=O) groups is 1. The van der Waals surface area contributed by atoms with Crippen LogP contribution in [0.4, 0.5) is 10.1 Å². The van der Waals surface area contributed by atoms with E-state index < -0.39 is 27.3 Å². The van der Waals surface area contributed by atoms with Gasteiger partial charge >= 0.3 is 0 Å². The van der Waals surface area contributed by atoms with Crippen molar-refractivity contribution in [3.8, 4) is 39.8 Å². The van der Waals surface area contributed by atoms with Crippen LogP contribution in [0.5, 0.6) is 0 Å². The predicted octanol–water partition coefficient (Wildman–Crippen LogP) is 5.38. The minimum Gasteiger partial charge on any atom is -0.455 e. The van der Waals surface area contributed by atoms with E-state index in [-0.39, 0.29) is 33.7 Å². The van der Waals surface area contributed by atoms with Crippen molar-refractivity contribution in [2.45, 2.75) is 0 Å². The van der Waals surface area contributed by atoms with Gasteiger partial charge < -0.3 is 19.3 Å². The number of hydrogen-bond acceptors (Lipinski definition) is 6. The van der Waals surface area contributed by atoms with Gasteiger partial charge in [0.15, 0.2) is 0 Å². The standard InChI is InChI=1S/C33H26FN5O5S/c1-36-32(40)30-25-13-23(28(39(3)45(4,42)43)15-29(25)44-31(30)18-8-10-21(34)11-9-18)24-12-20(17-38(2)33(24)41)27-14-22-19(16-35)6-5-7-26(22)37-27/h5-15,17,37H,1-4H3,(H,36,40). The third-order valence-electron chi connectivity index (χ3n) is 7.77. The first-order valence-corrected chi connectivity index (χ1v) is 15.5. The minimum absolute atomic E-state index is 0.140. The van der Waals surface area contributed by atoms with E-state index in [1.807, 2.05) is 12.1 Å². The highest BCUT2D eigenvalue weighted by molar-refractivity contribution is 7.92. The first-order chi connectivity index (χ1) is 21.4. The number of aryl methyl sites for hydroxylation is 1. The monoisotopic (exact) mass is 623 g/mol. The van der Waals surface area contributed by atoms with E-state index in [2.05, 4.69) is 16.4 Å². The first-order valence-electron chi connectivity index (χ1n) is 13.7. The zero-order valence-electron chi connectivity index (χ0n) is 24.6. The van der Waals surface area contributed by atoms with Crippen molar-refractivity contribution in [2.75, 3.05) is 24.7 Å². The largest absolute Gasteiger partial charge is 0.455 e. The van der Waals surface area contributed by atoms with E-state index in [1.54, 1.807) is 37.5 Å². The molecule has 0 atom stereocenters. The highest BCUT2D eigenvalue weighted by Crippen LogP contribution is 2.41. The molecule has 0 aliphatic carbocycles. The Bertz CT molecular complexity index is 2380. The predicted molar refractivity (Wildman–Crippen MR) is 171 cm³/mol. The van der Waals surface area contributed by atoms with Gasteiger partial charge in [-0.3, -0.25) is 13.9 Å². The lowest BCUT2D eigenvalue weighted by molar-refractivity contribution is 0.0964. The second kappa shape index (κ2) is 10.8. The second-order valence-corrected chi connectivity index (χ2v) is 12.6. The zero-order chi connectivity index (χ0) is 32.2. The van der Waals surface area contributed by atoms with E-state index >= 15 is 0 Å². The molecule has 0 fully saturated rings. The number of carbonyl (C=O) groups excluding carboxylic acids is 1. The summed E-state index contributed by atoms with van der Waals surface area (Å²) in [6.07, 6.45) is 2.68. The molecular weight excluding hydrogens is 597 g/mol. The molecule has 0 saturated heterocycles. The molecule has 12 heteroatoms. The lowest BCUT2D eigenvalue weighted by Crippen LogP contribution is -2.26. The molecule has 0 unspecified atom stereocenters. The third kappa shape index (κ3) is 5.03. The number of pyridine rings is 1. The summed E-state index contributed by atoms with van der Waals surface area (Å²) in [5.74, 6) is -0.802. The molecule has 2 N–H and O–H groups in total. The summed E-state index contributed by atoms with van der Waals surface area (Å²) in [6.45, 7) is 0. The summed E-state index contributed by atoms with van der Waals surface area (Å²) in [5.41, 5.74) is 3.35. The molecule has 6 rings (SSSR count). The lowest BCUT2D eigenvalue weighted by Gasteiger charge is -2.21. The molecular formula is C33H26FN5O5S. The molecule has 45 heavy (non-hydrogen) atoms. The number of hydrogen-bond donors (Lipinski definition) is 2. The van der Waals surface area contributed by atoms with Gasteiger partial charge in [-0.05, 0) is 54.6 Å². The van der Waals surface area contributed by atoms with Crippen molar-refractivity contribution in [2.24, 2.45) is 7.05 Å². The Morgan fingerprint density at radius 3 is 2.44 bits per heavy atom. The second-order valence-electron chi connectivity index (χ2n) is 10.6. The third-order valence-corrected chi connectivity index (χ3v) is 8.96. The van der Waals surface area contributed by atoms with Crippen molar-refractivity contribution < 1.29 is 22.0 Å². The van der Waals surface area contributed by atoms with Crippen LogP contribution in [-0.4, -0.2) is 44.2 Å². The maximum absolute atomic E-state index is 13.7. The highest BCUT2D eigenvalue weighted by Gasteiger charge is 2.27. The lowest BCUT2D eigenvalue weighted by atomic mass is 9.98. The van der Waals surface area contributed by atoms with Crippen LogP contribution in [-0.2, 0) is 17.1 Å². The number of aromatic amines is 1. The average molecular weight is 624 g/mol. The smallest absolute Gasteiger partial charge is 0.258 e. The van der Waals surface area contributed by atoms with E-state index in [0.29, 0.717) is 33.2 Å². The molecule has 3 aromatic carbocycles. The van der Waals surface area contributed by atoms with E-state index in [9.17, 15) is 27.7 Å². The number of H-pyrrole nitrogens is 1. The quantitative estimate of drug-likeness (QED) is 0.255. The molecule has 3 aromatic heterocycles. The Balaban J connectivity index is 1.67. The molecule has 0 aliphatic rings. The van der Waals surface area contributed by atoms with Gasteiger partial charge in [0, 0.05) is 77.6 Å². The van der Waals surface area contributed by atoms with Gasteiger partial charge in [0.1, 0.15) is 17.2 Å². The Hall–Kier alpha value is -5.67. The molecule has 0 aliphatic heterocycles. The van der Waals surface area contributed by atoms with Crippen LogP contribution in [0.25, 0.3) is 55.6 Å². The molecule has 0 saturated carbocycles. The maximum atomic E-state index is 13.7. The van der Waals surface area contributed by atoms with Crippen molar-refractivity contribution in [1.82, 2.24) is 14.9 Å². The van der Waals surface area contributed by atoms with Gasteiger partial charge in [-0.2, -0.15) is 5.26 Å². The molecule has 0 radical (unpaired) electrons. The Morgan fingerprint density at radius 1 is 1.04 bits per heavy atom. The molecule has 0 spiro atoms. The molecule has 226 valence electrons. The van der Waals surface area contributed by atoms with Crippen molar-refractivity contribution in [1.29, 1.82) is 5.26 Å². The molecule has 1 amide bonds. The van der Waals surface area contributed by atoms with Crippen molar-refractivity contribution in [3.05, 3.63) is 100 Å². The molecule has 0 bridgehead atoms. The van der Waals surface area contributed by atoms with Crippen LogP contribution < -0.4 is 15.2 Å². The number of fused-ring (bicyclic) bond motifs is 2. The SMILES string of the molecule is CNC(=O)c1c(-c2ccc(F)cc2)oc2cc(N(C)S(C)(=O)=O)c(-c3cc(-c4cc5c(C#N)cccc5[nH]4)cn(C)c3=O)cc12. The normalized spacial score (nSPS) is 11.6. The van der Waals surface area contributed by atoms with E-state index in [4.69, 9.17) is 4.42 Å². The van der Waals surface area contributed by atoms with Crippen LogP contribution in [0.3, 0.4) is 0 Å². The number of sulfonamides is 1. The van der Waals surface area contributed by atoms with Crippen LogP contribution in [0.15, 0.2) is 82.1 Å². The maximum Gasteiger partial charge on any atom is 0.258 e. The summed E-state index contributed by atoms with van der Waals surface area (Å²) in [5, 5.41) is 13.2. The van der Waals surface area contributed by atoms with Gasteiger partial charge in [0.05, 0.1) is 29.1 Å². The van der Waals surface area contributed by atoms with Crippen LogP contribution in [0.2, 0.25) is 0 Å². The van der Waals surface area contributed by atoms with Crippen LogP contribution in [0, 0.1) is 17.1 Å². The molecule has 10 nitrogen and oxygen atoms in total.